The molecule has 0 fully saturated rings. The first kappa shape index (κ1) is 22.4. The minimum absolute atomic E-state index is 0.0730. The van der Waals surface area contributed by atoms with Crippen molar-refractivity contribution in [2.75, 3.05) is 5.32 Å². The van der Waals surface area contributed by atoms with Crippen molar-refractivity contribution in [2.24, 2.45) is 0 Å². The first-order valence-electron chi connectivity index (χ1n) is 7.86. The summed E-state index contributed by atoms with van der Waals surface area (Å²) in [5.74, 6) is -0.487. The number of anilines is 1. The van der Waals surface area contributed by atoms with Crippen LogP contribution in [0.2, 0.25) is 0 Å². The summed E-state index contributed by atoms with van der Waals surface area (Å²) in [5.41, 5.74) is -1.61. The second kappa shape index (κ2) is 9.56. The van der Waals surface area contributed by atoms with Gasteiger partial charge in [-0.25, -0.2) is 4.98 Å². The highest BCUT2D eigenvalue weighted by Gasteiger charge is 2.33. The number of alkyl halides is 3. The molecule has 0 spiro atoms. The van der Waals surface area contributed by atoms with Gasteiger partial charge in [-0.15, -0.1) is 11.3 Å². The number of carbonyl (C=O) groups excluding carboxylic acids is 1. The molecule has 1 heterocycles. The van der Waals surface area contributed by atoms with Gasteiger partial charge in [-0.3, -0.25) is 30.3 Å². The molecule has 156 valence electrons. The summed E-state index contributed by atoms with van der Waals surface area (Å²) < 4.78 is 36.9. The molecule has 2 aromatic carbocycles. The lowest BCUT2D eigenvalue weighted by Crippen LogP contribution is -2.12. The van der Waals surface area contributed by atoms with Crippen LogP contribution in [0.4, 0.5) is 29.7 Å². The Bertz CT molecular complexity index is 1020. The lowest BCUT2D eigenvalue weighted by Gasteiger charge is -2.02. The average molecular weight is 440 g/mol. The molecule has 3 rings (SSSR count). The third-order valence-corrected chi connectivity index (χ3v) is 4.08. The van der Waals surface area contributed by atoms with Crippen molar-refractivity contribution >= 4 is 33.8 Å². The number of hydrogen-bond acceptors (Lipinski definition) is 7. The first-order valence-corrected chi connectivity index (χ1v) is 8.74. The molecule has 0 saturated heterocycles. The molecule has 13 heteroatoms. The maximum atomic E-state index is 12.3. The average Bonchev–Trinajstić information content (AvgIpc) is 3.18. The fourth-order valence-corrected chi connectivity index (χ4v) is 2.71. The van der Waals surface area contributed by atoms with Crippen LogP contribution in [-0.4, -0.2) is 20.7 Å². The summed E-state index contributed by atoms with van der Waals surface area (Å²) in [6.07, 6.45) is -4.49. The summed E-state index contributed by atoms with van der Waals surface area (Å²) in [6, 6.07) is 13.1. The molecule has 0 aliphatic rings. The topological polar surface area (TPSA) is 128 Å². The van der Waals surface area contributed by atoms with E-state index in [1.165, 1.54) is 12.1 Å². The minimum Gasteiger partial charge on any atom is -0.298 e. The molecule has 9 nitrogen and oxygen atoms in total. The van der Waals surface area contributed by atoms with Gasteiger partial charge in [-0.05, 0) is 12.1 Å². The lowest BCUT2D eigenvalue weighted by molar-refractivity contribution is -0.422. The second-order valence-electron chi connectivity index (χ2n) is 5.36. The fraction of sp³-hybridized carbons (Fsp3) is 0.0588. The van der Waals surface area contributed by atoms with Crippen LogP contribution in [0, 0.1) is 20.2 Å². The van der Waals surface area contributed by atoms with Crippen LogP contribution in [0.15, 0.2) is 60.0 Å². The van der Waals surface area contributed by atoms with Crippen molar-refractivity contribution in [1.29, 1.82) is 0 Å². The van der Waals surface area contributed by atoms with E-state index in [1.54, 1.807) is 30.3 Å². The Morgan fingerprint density at radius 2 is 1.43 bits per heavy atom. The maximum Gasteiger partial charge on any atom is 0.434 e. The van der Waals surface area contributed by atoms with Gasteiger partial charge in [-0.1, -0.05) is 30.3 Å². The van der Waals surface area contributed by atoms with Gasteiger partial charge in [0.15, 0.2) is 10.8 Å². The zero-order valence-electron chi connectivity index (χ0n) is 14.7. The summed E-state index contributed by atoms with van der Waals surface area (Å²) in [6.45, 7) is 0. The fourth-order valence-electron chi connectivity index (χ4n) is 1.99. The van der Waals surface area contributed by atoms with Crippen LogP contribution in [-0.2, 0) is 6.18 Å². The van der Waals surface area contributed by atoms with E-state index in [2.05, 4.69) is 10.3 Å². The smallest absolute Gasteiger partial charge is 0.298 e. The van der Waals surface area contributed by atoms with E-state index >= 15 is 0 Å². The van der Waals surface area contributed by atoms with Crippen molar-refractivity contribution in [3.8, 4) is 0 Å². The predicted molar refractivity (Wildman–Crippen MR) is 101 cm³/mol. The largest absolute Gasteiger partial charge is 0.434 e. The van der Waals surface area contributed by atoms with Gasteiger partial charge in [-0.2, -0.15) is 13.2 Å². The highest BCUT2D eigenvalue weighted by atomic mass is 32.1. The SMILES string of the molecule is O=C(Nc1nc(C(F)(F)F)cs1)c1ccccc1.O=[N+]([O-])c1ccccc1[N+](=O)[O-]. The number of carbonyl (C=O) groups is 1. The number of rotatable bonds is 4. The van der Waals surface area contributed by atoms with Crippen LogP contribution in [0.25, 0.3) is 0 Å². The van der Waals surface area contributed by atoms with E-state index in [-0.39, 0.29) is 5.13 Å². The quantitative estimate of drug-likeness (QED) is 0.453. The molecule has 1 amide bonds. The minimum atomic E-state index is -4.49. The zero-order valence-corrected chi connectivity index (χ0v) is 15.5. The normalized spacial score (nSPS) is 10.5. The molecule has 0 aliphatic carbocycles. The molecule has 0 aliphatic heterocycles. The number of nitrogens with zero attached hydrogens (tertiary/aromatic N) is 3. The van der Waals surface area contributed by atoms with E-state index in [9.17, 15) is 38.2 Å². The van der Waals surface area contributed by atoms with Crippen LogP contribution in [0.3, 0.4) is 0 Å². The summed E-state index contributed by atoms with van der Waals surface area (Å²) >= 11 is 0.736. The van der Waals surface area contributed by atoms with Gasteiger partial charge in [0.1, 0.15) is 0 Å². The molecule has 0 bridgehead atoms. The first-order chi connectivity index (χ1) is 14.1. The Kier molecular flexibility index (Phi) is 7.14. The number of halogens is 3. The van der Waals surface area contributed by atoms with Gasteiger partial charge in [0, 0.05) is 23.1 Å². The van der Waals surface area contributed by atoms with Gasteiger partial charge < -0.3 is 0 Å². The molecule has 0 saturated carbocycles. The van der Waals surface area contributed by atoms with Crippen LogP contribution < -0.4 is 5.32 Å². The molecule has 1 N–H and O–H groups in total. The third-order valence-electron chi connectivity index (χ3n) is 3.33. The Balaban J connectivity index is 0.000000232. The third kappa shape index (κ3) is 6.07. The number of thiazole rings is 1. The number of hydrogen-bond donors (Lipinski definition) is 1. The monoisotopic (exact) mass is 440 g/mol. The molecular weight excluding hydrogens is 429 g/mol. The summed E-state index contributed by atoms with van der Waals surface area (Å²) in [5, 5.41) is 23.6. The van der Waals surface area contributed by atoms with E-state index < -0.39 is 39.0 Å². The zero-order chi connectivity index (χ0) is 22.3. The molecule has 0 unspecified atom stereocenters. The molecular formula is C17H11F3N4O5S. The Morgan fingerprint density at radius 1 is 0.933 bits per heavy atom. The number of nitro benzene ring substituents is 2. The van der Waals surface area contributed by atoms with Crippen molar-refractivity contribution in [3.63, 3.8) is 0 Å². The van der Waals surface area contributed by atoms with E-state index in [1.807, 2.05) is 0 Å². The van der Waals surface area contributed by atoms with Crippen LogP contribution >= 0.6 is 11.3 Å². The molecule has 1 aromatic heterocycles. The van der Waals surface area contributed by atoms with Gasteiger partial charge >= 0.3 is 17.6 Å². The summed E-state index contributed by atoms with van der Waals surface area (Å²) in [4.78, 5) is 33.9. The van der Waals surface area contributed by atoms with Gasteiger partial charge in [0.2, 0.25) is 0 Å². The van der Waals surface area contributed by atoms with Crippen LogP contribution in [0.1, 0.15) is 16.1 Å². The van der Waals surface area contributed by atoms with Crippen molar-refractivity contribution in [3.05, 3.63) is 91.5 Å². The van der Waals surface area contributed by atoms with Crippen molar-refractivity contribution in [1.82, 2.24) is 4.98 Å². The van der Waals surface area contributed by atoms with E-state index in [0.717, 1.165) is 28.8 Å². The molecule has 0 radical (unpaired) electrons. The molecule has 30 heavy (non-hydrogen) atoms. The molecule has 3 aromatic rings. The molecule has 0 atom stereocenters. The van der Waals surface area contributed by atoms with E-state index in [4.69, 9.17) is 0 Å². The van der Waals surface area contributed by atoms with Gasteiger partial charge in [0.05, 0.1) is 9.85 Å². The highest BCUT2D eigenvalue weighted by molar-refractivity contribution is 7.14. The maximum absolute atomic E-state index is 12.3. The number of amides is 1. The van der Waals surface area contributed by atoms with Gasteiger partial charge in [0.25, 0.3) is 5.91 Å². The highest BCUT2D eigenvalue weighted by Crippen LogP contribution is 2.31. The van der Waals surface area contributed by atoms with Crippen LogP contribution in [0.5, 0.6) is 0 Å². The Labute approximate surface area is 170 Å². The number of aromatic nitrogens is 1. The van der Waals surface area contributed by atoms with Crippen molar-refractivity contribution in [2.45, 2.75) is 6.18 Å². The van der Waals surface area contributed by atoms with Crippen molar-refractivity contribution < 1.29 is 27.8 Å². The predicted octanol–water partition coefficient (Wildman–Crippen LogP) is 4.92. The number of para-hydroxylation sites is 2. The number of nitro groups is 2. The standard InChI is InChI=1S/C11H7F3N2OS.C6H4N2O4/c12-11(13,14)8-6-18-10(15-8)16-9(17)7-4-2-1-3-5-7;9-7(10)5-3-1-2-4-6(5)8(11)12/h1-6H,(H,15,16,17);1-4H. The Hall–Kier alpha value is -3.87. The van der Waals surface area contributed by atoms with E-state index in [0.29, 0.717) is 5.56 Å². The number of nitrogens with one attached hydrogen (secondary N) is 1. The lowest BCUT2D eigenvalue weighted by atomic mass is 10.2. The Morgan fingerprint density at radius 3 is 1.87 bits per heavy atom. The second-order valence-corrected chi connectivity index (χ2v) is 6.22. The number of benzene rings is 2. The summed E-state index contributed by atoms with van der Waals surface area (Å²) in [7, 11) is 0.